The average molecular weight is 433 g/mol. The third-order valence-corrected chi connectivity index (χ3v) is 6.99. The summed E-state index contributed by atoms with van der Waals surface area (Å²) in [6.45, 7) is 0. The lowest BCUT2D eigenvalue weighted by Gasteiger charge is -2.21. The van der Waals surface area contributed by atoms with E-state index < -0.39 is 0 Å². The van der Waals surface area contributed by atoms with Crippen LogP contribution in [0.4, 0.5) is 11.8 Å². The van der Waals surface area contributed by atoms with Crippen molar-refractivity contribution in [2.45, 2.75) is 69.7 Å². The molecule has 0 bridgehead atoms. The first-order valence-corrected chi connectivity index (χ1v) is 11.9. The van der Waals surface area contributed by atoms with Crippen LogP contribution in [0.25, 0.3) is 11.0 Å². The van der Waals surface area contributed by atoms with Crippen LogP contribution in [0.5, 0.6) is 0 Å². The number of nitrogens with zero attached hydrogens (tertiary/aromatic N) is 5. The quantitative estimate of drug-likeness (QED) is 0.581. The molecule has 1 N–H and O–H groups in total. The van der Waals surface area contributed by atoms with E-state index >= 15 is 0 Å². The molecular formula is C25H32N6O. The Morgan fingerprint density at radius 2 is 1.75 bits per heavy atom. The van der Waals surface area contributed by atoms with E-state index in [2.05, 4.69) is 25.9 Å². The van der Waals surface area contributed by atoms with Crippen molar-refractivity contribution >= 4 is 28.7 Å². The Labute approximate surface area is 189 Å². The zero-order valence-corrected chi connectivity index (χ0v) is 19.0. The maximum Gasteiger partial charge on any atom is 0.270 e. The summed E-state index contributed by atoms with van der Waals surface area (Å²) in [5.74, 6) is 1.90. The summed E-state index contributed by atoms with van der Waals surface area (Å²) in [7, 11) is 3.58. The van der Waals surface area contributed by atoms with E-state index in [1.165, 1.54) is 50.5 Å². The van der Waals surface area contributed by atoms with Crippen LogP contribution in [-0.4, -0.2) is 44.4 Å². The van der Waals surface area contributed by atoms with Gasteiger partial charge < -0.3 is 14.8 Å². The maximum atomic E-state index is 12.9. The van der Waals surface area contributed by atoms with Crippen molar-refractivity contribution in [1.29, 1.82) is 0 Å². The van der Waals surface area contributed by atoms with Crippen LogP contribution < -0.4 is 5.32 Å². The molecule has 3 aromatic rings. The molecule has 1 amide bonds. The largest absolute Gasteiger partial charge is 0.343 e. The molecule has 3 aromatic heterocycles. The van der Waals surface area contributed by atoms with Gasteiger partial charge in [-0.2, -0.15) is 4.98 Å². The molecule has 0 unspecified atom stereocenters. The highest BCUT2D eigenvalue weighted by molar-refractivity contribution is 5.97. The normalized spacial score (nSPS) is 17.7. The Morgan fingerprint density at radius 3 is 2.44 bits per heavy atom. The number of aromatic nitrogens is 4. The lowest BCUT2D eigenvalue weighted by molar-refractivity contribution is 0.0815. The minimum Gasteiger partial charge on any atom is -0.343 e. The van der Waals surface area contributed by atoms with E-state index in [9.17, 15) is 4.79 Å². The van der Waals surface area contributed by atoms with Crippen molar-refractivity contribution < 1.29 is 4.79 Å². The fourth-order valence-electron chi connectivity index (χ4n) is 5.27. The molecule has 3 heterocycles. The molecule has 7 heteroatoms. The van der Waals surface area contributed by atoms with Crippen molar-refractivity contribution in [2.24, 2.45) is 0 Å². The first kappa shape index (κ1) is 20.9. The van der Waals surface area contributed by atoms with Gasteiger partial charge in [0.1, 0.15) is 17.2 Å². The van der Waals surface area contributed by atoms with Crippen molar-refractivity contribution in [2.75, 3.05) is 19.4 Å². The second kappa shape index (κ2) is 8.88. The molecular weight excluding hydrogens is 400 g/mol. The smallest absolute Gasteiger partial charge is 0.270 e. The number of nitrogens with one attached hydrogen (secondary N) is 1. The van der Waals surface area contributed by atoms with Gasteiger partial charge >= 0.3 is 0 Å². The van der Waals surface area contributed by atoms with Gasteiger partial charge in [0.15, 0.2) is 0 Å². The number of amides is 1. The Hall–Kier alpha value is -2.96. The minimum atomic E-state index is 0.00405. The van der Waals surface area contributed by atoms with Crippen LogP contribution in [0.1, 0.15) is 85.8 Å². The van der Waals surface area contributed by atoms with Crippen LogP contribution >= 0.6 is 0 Å². The first-order chi connectivity index (χ1) is 15.6. The monoisotopic (exact) mass is 432 g/mol. The lowest BCUT2D eigenvalue weighted by atomic mass is 9.85. The van der Waals surface area contributed by atoms with Gasteiger partial charge in [-0.3, -0.25) is 4.79 Å². The number of carbonyl (C=O) groups excluding carboxylic acids is 1. The minimum absolute atomic E-state index is 0.00405. The van der Waals surface area contributed by atoms with Crippen molar-refractivity contribution in [3.05, 3.63) is 41.9 Å². The lowest BCUT2D eigenvalue weighted by Crippen LogP contribution is -2.25. The standard InChI is InChI=1S/C25H32N6O/c1-30(2)24(32)21-14-19-16-27-25(29-23(19)31(21)20-10-6-7-11-20)28-22-13-12-18(15-26-22)17-8-4-3-5-9-17/h12-17,20H,3-11H2,1-2H3,(H,26,27,28,29). The summed E-state index contributed by atoms with van der Waals surface area (Å²) in [6.07, 6.45) is 14.8. The Kier molecular flexibility index (Phi) is 5.81. The third kappa shape index (κ3) is 4.08. The highest BCUT2D eigenvalue weighted by Gasteiger charge is 2.26. The third-order valence-electron chi connectivity index (χ3n) is 6.99. The van der Waals surface area contributed by atoms with E-state index in [1.54, 1.807) is 25.2 Å². The van der Waals surface area contributed by atoms with E-state index in [0.29, 0.717) is 23.6 Å². The second-order valence-corrected chi connectivity index (χ2v) is 9.45. The number of rotatable bonds is 5. The molecule has 0 aromatic carbocycles. The molecule has 2 aliphatic rings. The molecule has 0 atom stereocenters. The fraction of sp³-hybridized carbons (Fsp3) is 0.520. The summed E-state index contributed by atoms with van der Waals surface area (Å²) in [5, 5.41) is 4.16. The number of hydrogen-bond donors (Lipinski definition) is 1. The second-order valence-electron chi connectivity index (χ2n) is 9.45. The molecule has 0 saturated heterocycles. The number of anilines is 2. The Morgan fingerprint density at radius 1 is 1.00 bits per heavy atom. The zero-order valence-electron chi connectivity index (χ0n) is 19.0. The number of fused-ring (bicyclic) bond motifs is 1. The predicted molar refractivity (Wildman–Crippen MR) is 126 cm³/mol. The average Bonchev–Trinajstić information content (AvgIpc) is 3.47. The van der Waals surface area contributed by atoms with Crippen molar-refractivity contribution in [1.82, 2.24) is 24.4 Å². The number of hydrogen-bond acceptors (Lipinski definition) is 5. The number of pyridine rings is 1. The van der Waals surface area contributed by atoms with Gasteiger partial charge in [-0.1, -0.05) is 38.2 Å². The van der Waals surface area contributed by atoms with Crippen LogP contribution in [0.2, 0.25) is 0 Å². The topological polar surface area (TPSA) is 75.9 Å². The molecule has 32 heavy (non-hydrogen) atoms. The Balaban J connectivity index is 1.43. The first-order valence-electron chi connectivity index (χ1n) is 11.9. The van der Waals surface area contributed by atoms with Crippen LogP contribution in [-0.2, 0) is 0 Å². The van der Waals surface area contributed by atoms with Gasteiger partial charge in [-0.15, -0.1) is 0 Å². The summed E-state index contributed by atoms with van der Waals surface area (Å²) in [4.78, 5) is 28.4. The van der Waals surface area contributed by atoms with Gasteiger partial charge in [0, 0.05) is 37.9 Å². The van der Waals surface area contributed by atoms with Crippen molar-refractivity contribution in [3.63, 3.8) is 0 Å². The highest BCUT2D eigenvalue weighted by atomic mass is 16.2. The molecule has 2 saturated carbocycles. The SMILES string of the molecule is CN(C)C(=O)c1cc2cnc(Nc3ccc(C4CCCCC4)cn3)nc2n1C1CCCC1. The van der Waals surface area contributed by atoms with Gasteiger partial charge in [0.2, 0.25) is 5.95 Å². The molecule has 0 spiro atoms. The van der Waals surface area contributed by atoms with Crippen LogP contribution in [0.3, 0.4) is 0 Å². The fourth-order valence-corrected chi connectivity index (χ4v) is 5.27. The molecule has 2 aliphatic carbocycles. The Bertz CT molecular complexity index is 1090. The molecule has 2 fully saturated rings. The van der Waals surface area contributed by atoms with Crippen LogP contribution in [0.15, 0.2) is 30.6 Å². The molecule has 0 aliphatic heterocycles. The number of carbonyl (C=O) groups is 1. The summed E-state index contributed by atoms with van der Waals surface area (Å²) in [6, 6.07) is 6.44. The van der Waals surface area contributed by atoms with Gasteiger partial charge in [0.05, 0.1) is 0 Å². The van der Waals surface area contributed by atoms with E-state index in [0.717, 1.165) is 29.7 Å². The summed E-state index contributed by atoms with van der Waals surface area (Å²) < 4.78 is 2.14. The predicted octanol–water partition coefficient (Wildman–Crippen LogP) is 5.43. The molecule has 7 nitrogen and oxygen atoms in total. The maximum absolute atomic E-state index is 12.9. The van der Waals surface area contributed by atoms with E-state index in [-0.39, 0.29) is 5.91 Å². The molecule has 5 rings (SSSR count). The summed E-state index contributed by atoms with van der Waals surface area (Å²) >= 11 is 0. The highest BCUT2D eigenvalue weighted by Crippen LogP contribution is 2.35. The van der Waals surface area contributed by atoms with Crippen LogP contribution in [0, 0.1) is 0 Å². The van der Waals surface area contributed by atoms with Crippen molar-refractivity contribution in [3.8, 4) is 0 Å². The van der Waals surface area contributed by atoms with E-state index in [1.807, 2.05) is 18.3 Å². The van der Waals surface area contributed by atoms with E-state index in [4.69, 9.17) is 4.98 Å². The van der Waals surface area contributed by atoms with Gasteiger partial charge in [-0.05, 0) is 49.3 Å². The zero-order chi connectivity index (χ0) is 22.1. The molecule has 0 radical (unpaired) electrons. The van der Waals surface area contributed by atoms with Gasteiger partial charge in [0.25, 0.3) is 5.91 Å². The van der Waals surface area contributed by atoms with Gasteiger partial charge in [-0.25, -0.2) is 9.97 Å². The summed E-state index contributed by atoms with van der Waals surface area (Å²) in [5.41, 5.74) is 2.84. The molecule has 168 valence electrons.